The SMILES string of the molecule is COc1cc(-c2cn(C)c(-c3ccnc(CC(C)C)c3)n2)ccc1C(=O)N1CCCCC1. The molecule has 168 valence electrons. The Bertz CT molecular complexity index is 1100. The van der Waals surface area contributed by atoms with E-state index in [9.17, 15) is 4.79 Å². The fraction of sp³-hybridized carbons (Fsp3) is 0.423. The van der Waals surface area contributed by atoms with Crippen molar-refractivity contribution in [2.75, 3.05) is 20.2 Å². The number of piperidine rings is 1. The van der Waals surface area contributed by atoms with E-state index < -0.39 is 0 Å². The lowest BCUT2D eigenvalue weighted by Gasteiger charge is -2.27. The number of ether oxygens (including phenoxy) is 1. The summed E-state index contributed by atoms with van der Waals surface area (Å²) in [6, 6.07) is 9.86. The molecule has 4 rings (SSSR count). The number of methoxy groups -OCH3 is 1. The van der Waals surface area contributed by atoms with E-state index >= 15 is 0 Å². The normalized spacial score (nSPS) is 14.1. The summed E-state index contributed by atoms with van der Waals surface area (Å²) in [5, 5.41) is 0. The Hall–Kier alpha value is -3.15. The first-order valence-corrected chi connectivity index (χ1v) is 11.4. The molecule has 1 saturated heterocycles. The Labute approximate surface area is 190 Å². The highest BCUT2D eigenvalue weighted by Crippen LogP contribution is 2.30. The molecule has 0 spiro atoms. The second-order valence-corrected chi connectivity index (χ2v) is 8.96. The van der Waals surface area contributed by atoms with Gasteiger partial charge in [0.15, 0.2) is 0 Å². The van der Waals surface area contributed by atoms with Crippen molar-refractivity contribution in [1.29, 1.82) is 0 Å². The summed E-state index contributed by atoms with van der Waals surface area (Å²) >= 11 is 0. The molecule has 1 aliphatic rings. The molecule has 0 atom stereocenters. The average molecular weight is 433 g/mol. The highest BCUT2D eigenvalue weighted by molar-refractivity contribution is 5.97. The smallest absolute Gasteiger partial charge is 0.257 e. The first-order valence-electron chi connectivity index (χ1n) is 11.4. The first kappa shape index (κ1) is 22.1. The number of imidazole rings is 1. The van der Waals surface area contributed by atoms with Crippen molar-refractivity contribution in [3.8, 4) is 28.4 Å². The van der Waals surface area contributed by atoms with Gasteiger partial charge in [-0.05, 0) is 55.9 Å². The van der Waals surface area contributed by atoms with Crippen LogP contribution < -0.4 is 4.74 Å². The molecule has 1 fully saturated rings. The number of pyridine rings is 1. The molecule has 1 aromatic carbocycles. The highest BCUT2D eigenvalue weighted by atomic mass is 16.5. The van der Waals surface area contributed by atoms with Crippen LogP contribution in [0.15, 0.2) is 42.7 Å². The number of aromatic nitrogens is 3. The van der Waals surface area contributed by atoms with Crippen molar-refractivity contribution in [2.24, 2.45) is 13.0 Å². The van der Waals surface area contributed by atoms with Crippen molar-refractivity contribution in [3.63, 3.8) is 0 Å². The van der Waals surface area contributed by atoms with E-state index in [-0.39, 0.29) is 5.91 Å². The number of benzene rings is 1. The molecule has 1 amide bonds. The standard InChI is InChI=1S/C26H32N4O2/c1-18(2)14-21-15-20(10-11-27-21)25-28-23(17-29(25)3)19-8-9-22(24(16-19)32-4)26(31)30-12-6-5-7-13-30/h8-11,15-18H,5-7,12-14H2,1-4H3. The Balaban J connectivity index is 1.63. The van der Waals surface area contributed by atoms with Gasteiger partial charge in [0.1, 0.15) is 11.6 Å². The molecule has 2 aromatic heterocycles. The lowest BCUT2D eigenvalue weighted by molar-refractivity contribution is 0.0721. The van der Waals surface area contributed by atoms with Gasteiger partial charge >= 0.3 is 0 Å². The zero-order valence-electron chi connectivity index (χ0n) is 19.5. The summed E-state index contributed by atoms with van der Waals surface area (Å²) in [6.07, 6.45) is 8.13. The first-order chi connectivity index (χ1) is 15.5. The van der Waals surface area contributed by atoms with Gasteiger partial charge in [0.05, 0.1) is 18.4 Å². The fourth-order valence-corrected chi connectivity index (χ4v) is 4.32. The molecule has 0 aliphatic carbocycles. The molecule has 0 unspecified atom stereocenters. The highest BCUT2D eigenvalue weighted by Gasteiger charge is 2.22. The number of hydrogen-bond acceptors (Lipinski definition) is 4. The topological polar surface area (TPSA) is 60.2 Å². The van der Waals surface area contributed by atoms with E-state index in [0.29, 0.717) is 17.2 Å². The second kappa shape index (κ2) is 9.55. The van der Waals surface area contributed by atoms with Crippen molar-refractivity contribution >= 4 is 5.91 Å². The van der Waals surface area contributed by atoms with E-state index in [1.807, 2.05) is 53.2 Å². The summed E-state index contributed by atoms with van der Waals surface area (Å²) in [6.45, 7) is 6.02. The van der Waals surface area contributed by atoms with Gasteiger partial charge in [-0.25, -0.2) is 4.98 Å². The largest absolute Gasteiger partial charge is 0.496 e. The van der Waals surface area contributed by atoms with Crippen LogP contribution in [0.4, 0.5) is 0 Å². The van der Waals surface area contributed by atoms with Crippen LogP contribution in [0.2, 0.25) is 0 Å². The van der Waals surface area contributed by atoms with Crippen molar-refractivity contribution in [1.82, 2.24) is 19.4 Å². The van der Waals surface area contributed by atoms with Crippen LogP contribution in [-0.4, -0.2) is 45.5 Å². The predicted molar refractivity (Wildman–Crippen MR) is 127 cm³/mol. The van der Waals surface area contributed by atoms with Crippen molar-refractivity contribution < 1.29 is 9.53 Å². The Kier molecular flexibility index (Phi) is 6.58. The minimum absolute atomic E-state index is 0.0456. The number of likely N-dealkylation sites (tertiary alicyclic amines) is 1. The number of hydrogen-bond donors (Lipinski definition) is 0. The summed E-state index contributed by atoms with van der Waals surface area (Å²) in [4.78, 5) is 24.3. The molecule has 0 saturated carbocycles. The van der Waals surface area contributed by atoms with Gasteiger partial charge in [-0.3, -0.25) is 9.78 Å². The lowest BCUT2D eigenvalue weighted by atomic mass is 10.1. The van der Waals surface area contributed by atoms with E-state index in [1.165, 1.54) is 6.42 Å². The number of carbonyl (C=O) groups excluding carboxylic acids is 1. The molecule has 6 heteroatoms. The minimum Gasteiger partial charge on any atom is -0.496 e. The molecule has 0 radical (unpaired) electrons. The maximum Gasteiger partial charge on any atom is 0.257 e. The molecule has 0 N–H and O–H groups in total. The van der Waals surface area contributed by atoms with E-state index in [1.54, 1.807) is 7.11 Å². The van der Waals surface area contributed by atoms with Crippen LogP contribution in [0.3, 0.4) is 0 Å². The third-order valence-corrected chi connectivity index (χ3v) is 5.94. The van der Waals surface area contributed by atoms with Gasteiger partial charge in [0, 0.05) is 49.4 Å². The number of nitrogens with zero attached hydrogens (tertiary/aromatic N) is 4. The van der Waals surface area contributed by atoms with Gasteiger partial charge in [0.2, 0.25) is 0 Å². The summed E-state index contributed by atoms with van der Waals surface area (Å²) in [7, 11) is 3.61. The van der Waals surface area contributed by atoms with Crippen LogP contribution in [-0.2, 0) is 13.5 Å². The van der Waals surface area contributed by atoms with Crippen LogP contribution in [0, 0.1) is 5.92 Å². The number of carbonyl (C=O) groups is 1. The molecule has 32 heavy (non-hydrogen) atoms. The zero-order chi connectivity index (χ0) is 22.7. The maximum absolute atomic E-state index is 13.0. The monoisotopic (exact) mass is 432 g/mol. The summed E-state index contributed by atoms with van der Waals surface area (Å²) in [5.74, 6) is 2.07. The zero-order valence-corrected chi connectivity index (χ0v) is 19.5. The summed E-state index contributed by atoms with van der Waals surface area (Å²) in [5.41, 5.74) is 4.51. The molecule has 3 heterocycles. The Morgan fingerprint density at radius 3 is 2.59 bits per heavy atom. The predicted octanol–water partition coefficient (Wildman–Crippen LogP) is 4.98. The molecule has 0 bridgehead atoms. The fourth-order valence-electron chi connectivity index (χ4n) is 4.32. The minimum atomic E-state index is 0.0456. The Morgan fingerprint density at radius 1 is 1.09 bits per heavy atom. The molecular weight excluding hydrogens is 400 g/mol. The molecular formula is C26H32N4O2. The van der Waals surface area contributed by atoms with Gasteiger partial charge in [0.25, 0.3) is 5.91 Å². The second-order valence-electron chi connectivity index (χ2n) is 8.96. The van der Waals surface area contributed by atoms with E-state index in [4.69, 9.17) is 9.72 Å². The third-order valence-electron chi connectivity index (χ3n) is 5.94. The number of aryl methyl sites for hydroxylation is 1. The van der Waals surface area contributed by atoms with Gasteiger partial charge in [-0.1, -0.05) is 19.9 Å². The van der Waals surface area contributed by atoms with Crippen LogP contribution in [0.1, 0.15) is 49.2 Å². The van der Waals surface area contributed by atoms with Crippen LogP contribution in [0.25, 0.3) is 22.6 Å². The number of rotatable bonds is 6. The third kappa shape index (κ3) is 4.69. The quantitative estimate of drug-likeness (QED) is 0.551. The lowest BCUT2D eigenvalue weighted by Crippen LogP contribution is -2.35. The summed E-state index contributed by atoms with van der Waals surface area (Å²) < 4.78 is 7.63. The molecule has 6 nitrogen and oxygen atoms in total. The average Bonchev–Trinajstić information content (AvgIpc) is 3.20. The van der Waals surface area contributed by atoms with E-state index in [0.717, 1.165) is 60.7 Å². The maximum atomic E-state index is 13.0. The van der Waals surface area contributed by atoms with Crippen molar-refractivity contribution in [3.05, 3.63) is 54.0 Å². The van der Waals surface area contributed by atoms with Gasteiger partial charge in [-0.15, -0.1) is 0 Å². The van der Waals surface area contributed by atoms with Crippen molar-refractivity contribution in [2.45, 2.75) is 39.5 Å². The van der Waals surface area contributed by atoms with Crippen LogP contribution in [0.5, 0.6) is 5.75 Å². The van der Waals surface area contributed by atoms with Gasteiger partial charge < -0.3 is 14.2 Å². The Morgan fingerprint density at radius 2 is 1.88 bits per heavy atom. The van der Waals surface area contributed by atoms with Crippen LogP contribution >= 0.6 is 0 Å². The molecule has 1 aliphatic heterocycles. The molecule has 3 aromatic rings. The van der Waals surface area contributed by atoms with Gasteiger partial charge in [-0.2, -0.15) is 0 Å². The van der Waals surface area contributed by atoms with E-state index in [2.05, 4.69) is 24.9 Å². The number of amides is 1.